The van der Waals surface area contributed by atoms with E-state index < -0.39 is 30.2 Å². The minimum absolute atomic E-state index is 0.300. The average molecular weight is 271 g/mol. The van der Waals surface area contributed by atoms with Crippen LogP contribution in [0.1, 0.15) is 41.5 Å². The van der Waals surface area contributed by atoms with E-state index in [9.17, 15) is 8.78 Å². The lowest BCUT2D eigenvalue weighted by Crippen LogP contribution is -2.41. The first kappa shape index (κ1) is 16.1. The first-order valence-corrected chi connectivity index (χ1v) is 6.40. The monoisotopic (exact) mass is 271 g/mol. The van der Waals surface area contributed by atoms with E-state index >= 15 is 0 Å². The van der Waals surface area contributed by atoms with Crippen LogP contribution >= 0.6 is 0 Å². The fourth-order valence-electron chi connectivity index (χ4n) is 1.60. The normalized spacial score (nSPS) is 19.9. The highest BCUT2D eigenvalue weighted by Crippen LogP contribution is 2.36. The van der Waals surface area contributed by atoms with Gasteiger partial charge in [-0.3, -0.25) is 0 Å². The minimum Gasteiger partial charge on any atom is -0.399 e. The third-order valence-corrected chi connectivity index (χ3v) is 3.31. The second-order valence-corrected chi connectivity index (χ2v) is 5.13. The lowest BCUT2D eigenvalue weighted by Gasteiger charge is -2.32. The van der Waals surface area contributed by atoms with E-state index in [0.29, 0.717) is 5.46 Å². The van der Waals surface area contributed by atoms with Crippen molar-refractivity contribution in [2.45, 2.75) is 52.7 Å². The van der Waals surface area contributed by atoms with Gasteiger partial charge in [-0.05, 0) is 45.3 Å². The highest BCUT2D eigenvalue weighted by Gasteiger charge is 2.51. The topological polar surface area (TPSA) is 31.4 Å². The standard InChI is InChI=1S/C11H14BF2NO2.C2H6/c1-10(2)11(3,4)17-12(16-10)7-5-8(13)15-9(14)6-7;1-2/h5-6H,1-4H3;1-2H3. The summed E-state index contributed by atoms with van der Waals surface area (Å²) in [5, 5.41) is 0. The van der Waals surface area contributed by atoms with Gasteiger partial charge in [-0.2, -0.15) is 13.8 Å². The summed E-state index contributed by atoms with van der Waals surface area (Å²) in [6.07, 6.45) is 0. The van der Waals surface area contributed by atoms with Crippen LogP contribution in [-0.4, -0.2) is 23.3 Å². The van der Waals surface area contributed by atoms with Crippen molar-refractivity contribution in [2.24, 2.45) is 0 Å². The van der Waals surface area contributed by atoms with Crippen LogP contribution in [0.3, 0.4) is 0 Å². The van der Waals surface area contributed by atoms with E-state index in [2.05, 4.69) is 4.98 Å². The molecule has 6 heteroatoms. The summed E-state index contributed by atoms with van der Waals surface area (Å²) >= 11 is 0. The van der Waals surface area contributed by atoms with Gasteiger partial charge < -0.3 is 9.31 Å². The molecule has 1 saturated heterocycles. The molecule has 0 aromatic carbocycles. The van der Waals surface area contributed by atoms with Crippen LogP contribution in [0.15, 0.2) is 12.1 Å². The van der Waals surface area contributed by atoms with Crippen molar-refractivity contribution in [3.8, 4) is 0 Å². The van der Waals surface area contributed by atoms with E-state index in [4.69, 9.17) is 9.31 Å². The van der Waals surface area contributed by atoms with Crippen molar-refractivity contribution < 1.29 is 18.1 Å². The first-order valence-electron chi connectivity index (χ1n) is 6.40. The van der Waals surface area contributed by atoms with E-state index in [1.54, 1.807) is 0 Å². The van der Waals surface area contributed by atoms with Crippen LogP contribution in [0.2, 0.25) is 0 Å². The van der Waals surface area contributed by atoms with Gasteiger partial charge in [-0.15, -0.1) is 0 Å². The smallest absolute Gasteiger partial charge is 0.399 e. The number of hydrogen-bond donors (Lipinski definition) is 0. The minimum atomic E-state index is -0.880. The van der Waals surface area contributed by atoms with Crippen molar-refractivity contribution in [3.63, 3.8) is 0 Å². The molecule has 1 aromatic heterocycles. The van der Waals surface area contributed by atoms with Crippen LogP contribution in [0.5, 0.6) is 0 Å². The summed E-state index contributed by atoms with van der Waals surface area (Å²) in [6, 6.07) is 2.23. The Hall–Kier alpha value is -1.01. The Balaban J connectivity index is 0.000000861. The van der Waals surface area contributed by atoms with Gasteiger partial charge >= 0.3 is 7.12 Å². The zero-order valence-electron chi connectivity index (χ0n) is 12.3. The molecule has 19 heavy (non-hydrogen) atoms. The predicted molar refractivity (Wildman–Crippen MR) is 71.2 cm³/mol. The summed E-state index contributed by atoms with van der Waals surface area (Å²) in [6.45, 7) is 11.5. The van der Waals surface area contributed by atoms with E-state index in [1.807, 2.05) is 41.5 Å². The third-order valence-electron chi connectivity index (χ3n) is 3.31. The van der Waals surface area contributed by atoms with E-state index in [-0.39, 0.29) is 0 Å². The predicted octanol–water partition coefficient (Wildman–Crippen LogP) is 2.69. The van der Waals surface area contributed by atoms with Gasteiger partial charge in [0, 0.05) is 0 Å². The van der Waals surface area contributed by atoms with Crippen molar-refractivity contribution in [2.75, 3.05) is 0 Å². The molecule has 0 N–H and O–H groups in total. The quantitative estimate of drug-likeness (QED) is 0.581. The molecule has 0 saturated carbocycles. The molecule has 1 aliphatic heterocycles. The van der Waals surface area contributed by atoms with Gasteiger partial charge in [0.25, 0.3) is 0 Å². The molecule has 0 spiro atoms. The Morgan fingerprint density at radius 1 is 0.947 bits per heavy atom. The van der Waals surface area contributed by atoms with Crippen LogP contribution in [0.4, 0.5) is 8.78 Å². The fraction of sp³-hybridized carbons (Fsp3) is 0.615. The van der Waals surface area contributed by atoms with Crippen LogP contribution in [-0.2, 0) is 9.31 Å². The summed E-state index contributed by atoms with van der Waals surface area (Å²) in [5.74, 6) is -1.76. The van der Waals surface area contributed by atoms with Gasteiger partial charge in [-0.25, -0.2) is 0 Å². The lowest BCUT2D eigenvalue weighted by atomic mass is 9.80. The first-order chi connectivity index (χ1) is 8.71. The fourth-order valence-corrected chi connectivity index (χ4v) is 1.60. The summed E-state index contributed by atoms with van der Waals surface area (Å²) in [7, 11) is -0.771. The molecule has 0 amide bonds. The molecule has 0 unspecified atom stereocenters. The molecule has 1 aliphatic rings. The Bertz CT molecular complexity index is 416. The van der Waals surface area contributed by atoms with E-state index in [1.165, 1.54) is 0 Å². The van der Waals surface area contributed by atoms with E-state index in [0.717, 1.165) is 12.1 Å². The summed E-state index contributed by atoms with van der Waals surface area (Å²) < 4.78 is 37.4. The highest BCUT2D eigenvalue weighted by atomic mass is 19.1. The van der Waals surface area contributed by atoms with Gasteiger partial charge in [0.1, 0.15) is 0 Å². The third kappa shape index (κ3) is 3.31. The number of halogens is 2. The molecule has 0 bridgehead atoms. The van der Waals surface area contributed by atoms with Crippen LogP contribution in [0, 0.1) is 11.9 Å². The maximum atomic E-state index is 13.0. The molecule has 2 rings (SSSR count). The molecule has 0 radical (unpaired) electrons. The second kappa shape index (κ2) is 5.55. The highest BCUT2D eigenvalue weighted by molar-refractivity contribution is 6.62. The largest absolute Gasteiger partial charge is 0.495 e. The zero-order chi connectivity index (χ0) is 14.8. The number of pyridine rings is 1. The SMILES string of the molecule is CC.CC1(C)OB(c2cc(F)nc(F)c2)OC1(C)C. The summed E-state index contributed by atoms with van der Waals surface area (Å²) in [4.78, 5) is 3.03. The molecule has 1 aromatic rings. The molecule has 106 valence electrons. The van der Waals surface area contributed by atoms with Crippen molar-refractivity contribution >= 4 is 12.6 Å². The molecule has 3 nitrogen and oxygen atoms in total. The Labute approximate surface area is 113 Å². The number of nitrogens with zero attached hydrogens (tertiary/aromatic N) is 1. The van der Waals surface area contributed by atoms with Gasteiger partial charge in [0.2, 0.25) is 11.9 Å². The maximum Gasteiger partial charge on any atom is 0.495 e. The molecular weight excluding hydrogens is 251 g/mol. The van der Waals surface area contributed by atoms with Crippen LogP contribution in [0.25, 0.3) is 0 Å². The maximum absolute atomic E-state index is 13.0. The second-order valence-electron chi connectivity index (χ2n) is 5.13. The number of aromatic nitrogens is 1. The van der Waals surface area contributed by atoms with Gasteiger partial charge in [0.05, 0.1) is 11.2 Å². The summed E-state index contributed by atoms with van der Waals surface area (Å²) in [5.41, 5.74) is -0.768. The lowest BCUT2D eigenvalue weighted by molar-refractivity contribution is 0.00578. The van der Waals surface area contributed by atoms with Crippen molar-refractivity contribution in [1.29, 1.82) is 0 Å². The molecular formula is C13H20BF2NO2. The molecule has 1 fully saturated rings. The Morgan fingerprint density at radius 2 is 1.32 bits per heavy atom. The number of rotatable bonds is 1. The average Bonchev–Trinajstić information content (AvgIpc) is 2.50. The number of hydrogen-bond acceptors (Lipinski definition) is 3. The van der Waals surface area contributed by atoms with Crippen LogP contribution < -0.4 is 5.46 Å². The molecule has 0 aliphatic carbocycles. The van der Waals surface area contributed by atoms with Crippen molar-refractivity contribution in [1.82, 2.24) is 4.98 Å². The molecule has 2 heterocycles. The van der Waals surface area contributed by atoms with Gasteiger partial charge in [0.15, 0.2) is 0 Å². The molecule has 0 atom stereocenters. The Morgan fingerprint density at radius 3 is 1.68 bits per heavy atom. The van der Waals surface area contributed by atoms with Gasteiger partial charge in [-0.1, -0.05) is 13.8 Å². The van der Waals surface area contributed by atoms with Crippen molar-refractivity contribution in [3.05, 3.63) is 24.0 Å². The zero-order valence-corrected chi connectivity index (χ0v) is 12.3. The Kier molecular flexibility index (Phi) is 4.69.